The summed E-state index contributed by atoms with van der Waals surface area (Å²) in [5.74, 6) is 0.773. The van der Waals surface area contributed by atoms with Gasteiger partial charge in [0.25, 0.3) is 0 Å². The van der Waals surface area contributed by atoms with E-state index in [1.54, 1.807) is 0 Å². The van der Waals surface area contributed by atoms with Gasteiger partial charge in [0.2, 0.25) is 0 Å². The molecule has 0 spiro atoms. The van der Waals surface area contributed by atoms with E-state index in [0.29, 0.717) is 6.04 Å². The van der Waals surface area contributed by atoms with Crippen molar-refractivity contribution in [2.24, 2.45) is 5.92 Å². The summed E-state index contributed by atoms with van der Waals surface area (Å²) in [6.07, 6.45) is 4.57. The lowest BCUT2D eigenvalue weighted by atomic mass is 9.98. The van der Waals surface area contributed by atoms with Crippen molar-refractivity contribution in [2.75, 3.05) is 24.5 Å². The zero-order chi connectivity index (χ0) is 13.0. The highest BCUT2D eigenvalue weighted by atomic mass is 15.2. The normalized spacial score (nSPS) is 20.1. The topological polar surface area (TPSA) is 28.2 Å². The maximum atomic E-state index is 4.29. The summed E-state index contributed by atoms with van der Waals surface area (Å²) in [4.78, 5) is 6.80. The highest BCUT2D eigenvalue weighted by Gasteiger charge is 2.19. The molecule has 0 bridgehead atoms. The fraction of sp³-hybridized carbons (Fsp3) is 0.667. The Labute approximate surface area is 111 Å². The number of piperidine rings is 1. The van der Waals surface area contributed by atoms with E-state index >= 15 is 0 Å². The number of nitrogens with zero attached hydrogens (tertiary/aromatic N) is 2. The van der Waals surface area contributed by atoms with Gasteiger partial charge in [0.15, 0.2) is 0 Å². The average Bonchev–Trinajstić information content (AvgIpc) is 2.37. The Morgan fingerprint density at radius 2 is 2.33 bits per heavy atom. The summed E-state index contributed by atoms with van der Waals surface area (Å²) < 4.78 is 0. The average molecular weight is 247 g/mol. The Bertz CT molecular complexity index is 370. The molecule has 0 radical (unpaired) electrons. The molecule has 1 aliphatic heterocycles. The van der Waals surface area contributed by atoms with Crippen molar-refractivity contribution in [1.29, 1.82) is 0 Å². The Morgan fingerprint density at radius 1 is 1.50 bits per heavy atom. The smallest absolute Gasteiger partial charge is 0.0402 e. The van der Waals surface area contributed by atoms with Gasteiger partial charge < -0.3 is 10.2 Å². The van der Waals surface area contributed by atoms with Crippen LogP contribution in [0.3, 0.4) is 0 Å². The number of rotatable bonds is 4. The summed E-state index contributed by atoms with van der Waals surface area (Å²) in [6, 6.07) is 4.85. The minimum atomic E-state index is 0.536. The van der Waals surface area contributed by atoms with Crippen LogP contribution in [-0.2, 0) is 0 Å². The lowest BCUT2D eigenvalue weighted by Gasteiger charge is -2.34. The number of pyridine rings is 1. The molecule has 18 heavy (non-hydrogen) atoms. The molecule has 0 saturated carbocycles. The number of hydrogen-bond acceptors (Lipinski definition) is 3. The van der Waals surface area contributed by atoms with Gasteiger partial charge in [0, 0.05) is 30.2 Å². The van der Waals surface area contributed by atoms with E-state index < -0.39 is 0 Å². The lowest BCUT2D eigenvalue weighted by molar-refractivity contribution is 0.371. The van der Waals surface area contributed by atoms with E-state index in [-0.39, 0.29) is 0 Å². The molecule has 0 amide bonds. The zero-order valence-corrected chi connectivity index (χ0v) is 11.8. The van der Waals surface area contributed by atoms with Gasteiger partial charge in [0.05, 0.1) is 0 Å². The molecule has 1 saturated heterocycles. The molecule has 1 unspecified atom stereocenters. The van der Waals surface area contributed by atoms with Crippen molar-refractivity contribution in [3.63, 3.8) is 0 Å². The summed E-state index contributed by atoms with van der Waals surface area (Å²) >= 11 is 0. The van der Waals surface area contributed by atoms with Gasteiger partial charge in [-0.05, 0) is 64.8 Å². The Kier molecular flexibility index (Phi) is 4.59. The van der Waals surface area contributed by atoms with Crippen molar-refractivity contribution >= 4 is 5.69 Å². The van der Waals surface area contributed by atoms with Crippen LogP contribution in [0.2, 0.25) is 0 Å². The largest absolute Gasteiger partial charge is 0.369 e. The van der Waals surface area contributed by atoms with Crippen molar-refractivity contribution in [2.45, 2.75) is 39.7 Å². The highest BCUT2D eigenvalue weighted by molar-refractivity contribution is 5.47. The van der Waals surface area contributed by atoms with Crippen LogP contribution in [0.1, 0.15) is 32.4 Å². The molecule has 0 aromatic carbocycles. The number of hydrogen-bond donors (Lipinski definition) is 1. The summed E-state index contributed by atoms with van der Waals surface area (Å²) in [7, 11) is 0. The second-order valence-corrected chi connectivity index (χ2v) is 5.61. The molecule has 3 heteroatoms. The maximum absolute atomic E-state index is 4.29. The minimum absolute atomic E-state index is 0.536. The van der Waals surface area contributed by atoms with E-state index in [0.717, 1.165) is 24.7 Å². The Balaban J connectivity index is 2.07. The zero-order valence-electron chi connectivity index (χ0n) is 11.8. The quantitative estimate of drug-likeness (QED) is 0.886. The van der Waals surface area contributed by atoms with Gasteiger partial charge in [-0.1, -0.05) is 0 Å². The fourth-order valence-corrected chi connectivity index (χ4v) is 2.68. The van der Waals surface area contributed by atoms with Crippen LogP contribution in [0.25, 0.3) is 0 Å². The van der Waals surface area contributed by atoms with Crippen LogP contribution in [0, 0.1) is 12.8 Å². The third-order valence-corrected chi connectivity index (χ3v) is 3.69. The first kappa shape index (κ1) is 13.3. The van der Waals surface area contributed by atoms with E-state index in [4.69, 9.17) is 0 Å². The fourth-order valence-electron chi connectivity index (χ4n) is 2.68. The molecule has 1 N–H and O–H groups in total. The number of anilines is 1. The van der Waals surface area contributed by atoms with Gasteiger partial charge in [-0.2, -0.15) is 0 Å². The summed E-state index contributed by atoms with van der Waals surface area (Å²) in [5.41, 5.74) is 2.41. The molecule has 3 nitrogen and oxygen atoms in total. The lowest BCUT2D eigenvalue weighted by Crippen LogP contribution is -2.41. The van der Waals surface area contributed by atoms with Gasteiger partial charge in [0.1, 0.15) is 0 Å². The molecule has 1 aliphatic rings. The van der Waals surface area contributed by atoms with Crippen LogP contribution in [0.4, 0.5) is 5.69 Å². The van der Waals surface area contributed by atoms with Crippen LogP contribution >= 0.6 is 0 Å². The van der Waals surface area contributed by atoms with Crippen molar-refractivity contribution in [1.82, 2.24) is 10.3 Å². The maximum Gasteiger partial charge on any atom is 0.0402 e. The molecular weight excluding hydrogens is 222 g/mol. The van der Waals surface area contributed by atoms with E-state index in [9.17, 15) is 0 Å². The third-order valence-electron chi connectivity index (χ3n) is 3.69. The SMILES string of the molecule is Cc1cc(N(CC2CCCNC2)C(C)C)ccn1. The summed E-state index contributed by atoms with van der Waals surface area (Å²) in [6.45, 7) is 10.1. The van der Waals surface area contributed by atoms with Crippen molar-refractivity contribution in [3.05, 3.63) is 24.0 Å². The number of nitrogens with one attached hydrogen (secondary N) is 1. The minimum Gasteiger partial charge on any atom is -0.369 e. The predicted octanol–water partition coefficient (Wildman–Crippen LogP) is 2.60. The van der Waals surface area contributed by atoms with Crippen LogP contribution in [0.5, 0.6) is 0 Å². The first-order chi connectivity index (χ1) is 8.66. The molecule has 1 aromatic rings. The second kappa shape index (κ2) is 6.19. The van der Waals surface area contributed by atoms with Gasteiger partial charge >= 0.3 is 0 Å². The molecule has 2 rings (SSSR count). The molecule has 0 aliphatic carbocycles. The van der Waals surface area contributed by atoms with E-state index in [1.807, 2.05) is 6.20 Å². The van der Waals surface area contributed by atoms with E-state index in [1.165, 1.54) is 25.1 Å². The van der Waals surface area contributed by atoms with Crippen LogP contribution < -0.4 is 10.2 Å². The van der Waals surface area contributed by atoms with Crippen molar-refractivity contribution < 1.29 is 0 Å². The van der Waals surface area contributed by atoms with Crippen LogP contribution in [0.15, 0.2) is 18.3 Å². The molecular formula is C15H25N3. The van der Waals surface area contributed by atoms with Crippen LogP contribution in [-0.4, -0.2) is 30.7 Å². The molecule has 1 fully saturated rings. The Hall–Kier alpha value is -1.09. The standard InChI is InChI=1S/C15H25N3/c1-12(2)18(11-14-5-4-7-16-10-14)15-6-8-17-13(3)9-15/h6,8-9,12,14,16H,4-5,7,10-11H2,1-3H3. The first-order valence-electron chi connectivity index (χ1n) is 7.07. The highest BCUT2D eigenvalue weighted by Crippen LogP contribution is 2.21. The monoisotopic (exact) mass is 247 g/mol. The first-order valence-corrected chi connectivity index (χ1v) is 7.07. The number of aromatic nitrogens is 1. The third kappa shape index (κ3) is 3.45. The van der Waals surface area contributed by atoms with Crippen molar-refractivity contribution in [3.8, 4) is 0 Å². The molecule has 100 valence electrons. The van der Waals surface area contributed by atoms with Gasteiger partial charge in [-0.25, -0.2) is 0 Å². The molecule has 1 atom stereocenters. The number of aryl methyl sites for hydroxylation is 1. The Morgan fingerprint density at radius 3 is 2.94 bits per heavy atom. The molecule has 1 aromatic heterocycles. The van der Waals surface area contributed by atoms with Gasteiger partial charge in [-0.15, -0.1) is 0 Å². The second-order valence-electron chi connectivity index (χ2n) is 5.61. The molecule has 2 heterocycles. The van der Waals surface area contributed by atoms with E-state index in [2.05, 4.69) is 48.1 Å². The summed E-state index contributed by atoms with van der Waals surface area (Å²) in [5, 5.41) is 3.50. The van der Waals surface area contributed by atoms with Gasteiger partial charge in [-0.3, -0.25) is 4.98 Å². The predicted molar refractivity (Wildman–Crippen MR) is 77.0 cm³/mol.